The fourth-order valence-electron chi connectivity index (χ4n) is 1.88. The summed E-state index contributed by atoms with van der Waals surface area (Å²) in [5.41, 5.74) is 0. The fraction of sp³-hybridized carbons (Fsp3) is 1.00. The minimum Gasteiger partial charge on any atom is -0.356 e. The minimum atomic E-state index is -0.00815. The molecule has 0 saturated carbocycles. The highest BCUT2D eigenvalue weighted by Gasteiger charge is 2.36. The number of ether oxygens (including phenoxy) is 2. The van der Waals surface area contributed by atoms with Crippen molar-refractivity contribution in [3.05, 3.63) is 0 Å². The maximum Gasteiger partial charge on any atom is 0.160 e. The Morgan fingerprint density at radius 3 is 2.00 bits per heavy atom. The second kappa shape index (κ2) is 3.75. The molecule has 0 radical (unpaired) electrons. The van der Waals surface area contributed by atoms with E-state index in [1.807, 2.05) is 0 Å². The lowest BCUT2D eigenvalue weighted by Gasteiger charge is -2.41. The first-order valence-corrected chi connectivity index (χ1v) is 4.76. The molecule has 1 heterocycles. The molecule has 1 rings (SSSR count). The summed E-state index contributed by atoms with van der Waals surface area (Å²) in [6.07, 6.45) is 0.312. The fourth-order valence-corrected chi connectivity index (χ4v) is 1.88. The quantitative estimate of drug-likeness (QED) is 0.604. The Bertz CT molecular complexity index is 142. The molecule has 2 heteroatoms. The van der Waals surface area contributed by atoms with Gasteiger partial charge < -0.3 is 9.47 Å². The third kappa shape index (κ3) is 1.64. The molecular formula is C10H20O2. The zero-order valence-electron chi connectivity index (χ0n) is 8.70. The molecule has 2 nitrogen and oxygen atoms in total. The minimum absolute atomic E-state index is 0.00815. The third-order valence-corrected chi connectivity index (χ3v) is 3.41. The Hall–Kier alpha value is -0.0800. The van der Waals surface area contributed by atoms with Crippen molar-refractivity contribution < 1.29 is 9.47 Å². The van der Waals surface area contributed by atoms with Crippen LogP contribution in [-0.2, 0) is 9.47 Å². The summed E-state index contributed by atoms with van der Waals surface area (Å²) in [5.74, 6) is 1.81. The third-order valence-electron chi connectivity index (χ3n) is 3.41. The average Bonchev–Trinajstić information content (AvgIpc) is 2.08. The molecule has 3 unspecified atom stereocenters. The molecule has 0 aliphatic carbocycles. The van der Waals surface area contributed by atoms with E-state index in [-0.39, 0.29) is 6.29 Å². The molecule has 1 saturated heterocycles. The highest BCUT2D eigenvalue weighted by atomic mass is 16.7. The van der Waals surface area contributed by atoms with Gasteiger partial charge in [-0.25, -0.2) is 0 Å². The first kappa shape index (κ1) is 10.0. The van der Waals surface area contributed by atoms with Crippen molar-refractivity contribution >= 4 is 0 Å². The molecule has 1 aliphatic rings. The second-order valence-corrected chi connectivity index (χ2v) is 4.02. The Morgan fingerprint density at radius 1 is 0.917 bits per heavy atom. The molecule has 0 aromatic carbocycles. The number of methoxy groups -OCH3 is 1. The van der Waals surface area contributed by atoms with Gasteiger partial charge in [0.1, 0.15) is 0 Å². The van der Waals surface area contributed by atoms with E-state index in [1.54, 1.807) is 7.11 Å². The molecule has 0 amide bonds. The van der Waals surface area contributed by atoms with Crippen LogP contribution < -0.4 is 0 Å². The second-order valence-electron chi connectivity index (χ2n) is 4.02. The smallest absolute Gasteiger partial charge is 0.160 e. The number of rotatable bonds is 1. The Morgan fingerprint density at radius 2 is 1.50 bits per heavy atom. The van der Waals surface area contributed by atoms with Gasteiger partial charge in [0.05, 0.1) is 6.10 Å². The van der Waals surface area contributed by atoms with Gasteiger partial charge in [0.2, 0.25) is 0 Å². The van der Waals surface area contributed by atoms with E-state index in [0.29, 0.717) is 23.9 Å². The summed E-state index contributed by atoms with van der Waals surface area (Å²) in [6.45, 7) is 8.85. The van der Waals surface area contributed by atoms with E-state index in [2.05, 4.69) is 27.7 Å². The van der Waals surface area contributed by atoms with Crippen LogP contribution in [0.1, 0.15) is 27.7 Å². The topological polar surface area (TPSA) is 18.5 Å². The summed E-state index contributed by atoms with van der Waals surface area (Å²) in [7, 11) is 1.72. The lowest BCUT2D eigenvalue weighted by atomic mass is 9.79. The van der Waals surface area contributed by atoms with E-state index in [1.165, 1.54) is 0 Å². The molecule has 0 N–H and O–H groups in total. The van der Waals surface area contributed by atoms with Gasteiger partial charge in [0.25, 0.3) is 0 Å². The van der Waals surface area contributed by atoms with Crippen LogP contribution >= 0.6 is 0 Å². The zero-order valence-corrected chi connectivity index (χ0v) is 8.70. The summed E-state index contributed by atoms with van der Waals surface area (Å²) in [4.78, 5) is 0. The molecule has 5 atom stereocenters. The van der Waals surface area contributed by atoms with Crippen molar-refractivity contribution in [1.82, 2.24) is 0 Å². The van der Waals surface area contributed by atoms with Crippen molar-refractivity contribution in [2.75, 3.05) is 7.11 Å². The lowest BCUT2D eigenvalue weighted by Crippen LogP contribution is -2.44. The Balaban J connectivity index is 2.63. The molecule has 0 bridgehead atoms. The van der Waals surface area contributed by atoms with Crippen LogP contribution in [0.3, 0.4) is 0 Å². The Labute approximate surface area is 75.2 Å². The van der Waals surface area contributed by atoms with E-state index in [4.69, 9.17) is 9.47 Å². The molecule has 0 aromatic rings. The highest BCUT2D eigenvalue weighted by Crippen LogP contribution is 2.34. The van der Waals surface area contributed by atoms with Crippen LogP contribution in [0.4, 0.5) is 0 Å². The largest absolute Gasteiger partial charge is 0.356 e. The normalized spacial score (nSPS) is 49.2. The lowest BCUT2D eigenvalue weighted by molar-refractivity contribution is -0.232. The summed E-state index contributed by atoms with van der Waals surface area (Å²) in [6, 6.07) is 0. The molecule has 0 spiro atoms. The maximum absolute atomic E-state index is 5.71. The Kier molecular flexibility index (Phi) is 3.13. The number of hydrogen-bond donors (Lipinski definition) is 0. The van der Waals surface area contributed by atoms with Crippen molar-refractivity contribution in [2.45, 2.75) is 40.1 Å². The van der Waals surface area contributed by atoms with Crippen molar-refractivity contribution in [2.24, 2.45) is 17.8 Å². The van der Waals surface area contributed by atoms with Crippen molar-refractivity contribution in [3.63, 3.8) is 0 Å². The van der Waals surface area contributed by atoms with Gasteiger partial charge in [-0.3, -0.25) is 0 Å². The van der Waals surface area contributed by atoms with Crippen LogP contribution in [0.5, 0.6) is 0 Å². The predicted molar refractivity (Wildman–Crippen MR) is 48.8 cm³/mol. The monoisotopic (exact) mass is 172 g/mol. The standard InChI is InChI=1S/C10H20O2/c1-6-7(2)9(4)12-10(11-5)8(6)3/h6-10H,1-5H3/t6?,7-,8?,9?,10-/m0/s1. The number of hydrogen-bond acceptors (Lipinski definition) is 2. The van der Waals surface area contributed by atoms with Crippen molar-refractivity contribution in [1.29, 1.82) is 0 Å². The van der Waals surface area contributed by atoms with Crippen LogP contribution in [0.2, 0.25) is 0 Å². The first-order chi connectivity index (χ1) is 5.57. The first-order valence-electron chi connectivity index (χ1n) is 4.76. The van der Waals surface area contributed by atoms with Gasteiger partial charge in [-0.15, -0.1) is 0 Å². The van der Waals surface area contributed by atoms with E-state index >= 15 is 0 Å². The zero-order chi connectivity index (χ0) is 9.30. The van der Waals surface area contributed by atoms with Gasteiger partial charge in [-0.1, -0.05) is 20.8 Å². The SMILES string of the molecule is CO[C@H]1OC(C)[C@@H](C)C(C)C1C. The summed E-state index contributed by atoms with van der Waals surface area (Å²) < 4.78 is 11.0. The van der Waals surface area contributed by atoms with Crippen LogP contribution in [0.25, 0.3) is 0 Å². The van der Waals surface area contributed by atoms with Crippen molar-refractivity contribution in [3.8, 4) is 0 Å². The van der Waals surface area contributed by atoms with Crippen LogP contribution in [-0.4, -0.2) is 19.5 Å². The van der Waals surface area contributed by atoms with Gasteiger partial charge in [0, 0.05) is 13.0 Å². The molecule has 1 fully saturated rings. The molecular weight excluding hydrogens is 152 g/mol. The van der Waals surface area contributed by atoms with E-state index in [0.717, 1.165) is 0 Å². The highest BCUT2D eigenvalue weighted by molar-refractivity contribution is 4.80. The molecule has 72 valence electrons. The van der Waals surface area contributed by atoms with Crippen LogP contribution in [0, 0.1) is 17.8 Å². The molecule has 12 heavy (non-hydrogen) atoms. The molecule has 1 aliphatic heterocycles. The summed E-state index contributed by atoms with van der Waals surface area (Å²) in [5, 5.41) is 0. The van der Waals surface area contributed by atoms with Gasteiger partial charge in [-0.05, 0) is 18.8 Å². The van der Waals surface area contributed by atoms with Gasteiger partial charge in [0.15, 0.2) is 6.29 Å². The van der Waals surface area contributed by atoms with Crippen LogP contribution in [0.15, 0.2) is 0 Å². The predicted octanol–water partition coefficient (Wildman–Crippen LogP) is 2.29. The van der Waals surface area contributed by atoms with Gasteiger partial charge >= 0.3 is 0 Å². The van der Waals surface area contributed by atoms with E-state index < -0.39 is 0 Å². The van der Waals surface area contributed by atoms with Gasteiger partial charge in [-0.2, -0.15) is 0 Å². The molecule has 0 aromatic heterocycles. The summed E-state index contributed by atoms with van der Waals surface area (Å²) >= 11 is 0. The maximum atomic E-state index is 5.71. The average molecular weight is 172 g/mol. The van der Waals surface area contributed by atoms with E-state index in [9.17, 15) is 0 Å².